The molecule has 0 saturated heterocycles. The van der Waals surface area contributed by atoms with Crippen molar-refractivity contribution < 1.29 is 32.7 Å². The van der Waals surface area contributed by atoms with Crippen LogP contribution in [0.2, 0.25) is 0 Å². The van der Waals surface area contributed by atoms with Gasteiger partial charge in [-0.3, -0.25) is 9.05 Å². The van der Waals surface area contributed by atoms with Crippen molar-refractivity contribution in [1.82, 2.24) is 0 Å². The second-order valence-electron chi connectivity index (χ2n) is 11.4. The maximum Gasteiger partial charge on any atom is 0.569 e. The molecule has 9 heteroatoms. The fraction of sp³-hybridized carbons (Fsp3) is 0.793. The van der Waals surface area contributed by atoms with E-state index in [4.69, 9.17) is 18.7 Å². The van der Waals surface area contributed by atoms with Crippen LogP contribution in [-0.4, -0.2) is 63.0 Å². The van der Waals surface area contributed by atoms with Crippen LogP contribution >= 0.6 is 7.82 Å². The van der Waals surface area contributed by atoms with Gasteiger partial charge in [-0.2, -0.15) is 0 Å². The SMILES string of the molecule is C[N+](C)(C)CCOP(=O)(O)OCCCCCCCCCCCCCCCCCCc1ccc(O[B]O)cc1. The first-order valence-electron chi connectivity index (χ1n) is 14.9. The monoisotopic (exact) mass is 555 g/mol. The van der Waals surface area contributed by atoms with Crippen LogP contribution in [0.3, 0.4) is 0 Å². The maximum absolute atomic E-state index is 11.8. The molecule has 1 unspecified atom stereocenters. The zero-order chi connectivity index (χ0) is 28.0. The van der Waals surface area contributed by atoms with E-state index >= 15 is 0 Å². The first-order valence-corrected chi connectivity index (χ1v) is 16.4. The number of benzene rings is 1. The molecule has 0 amide bonds. The summed E-state index contributed by atoms with van der Waals surface area (Å²) < 4.78 is 27.5. The van der Waals surface area contributed by atoms with Crippen molar-refractivity contribution in [3.63, 3.8) is 0 Å². The number of likely N-dealkylation sites (N-methyl/N-ethyl adjacent to an activating group) is 1. The van der Waals surface area contributed by atoms with E-state index in [0.717, 1.165) is 25.7 Å². The Balaban J connectivity index is 1.78. The Kier molecular flexibility index (Phi) is 20.2. The van der Waals surface area contributed by atoms with Crippen molar-refractivity contribution in [1.29, 1.82) is 0 Å². The summed E-state index contributed by atoms with van der Waals surface area (Å²) in [7, 11) is 2.85. The maximum atomic E-state index is 11.8. The lowest BCUT2D eigenvalue weighted by molar-refractivity contribution is -0.870. The molecule has 7 nitrogen and oxygen atoms in total. The van der Waals surface area contributed by atoms with Crippen LogP contribution < -0.4 is 4.65 Å². The zero-order valence-electron chi connectivity index (χ0n) is 24.5. The van der Waals surface area contributed by atoms with E-state index < -0.39 is 7.82 Å². The van der Waals surface area contributed by atoms with Gasteiger partial charge >= 0.3 is 15.5 Å². The number of rotatable bonds is 26. The largest absolute Gasteiger partial charge is 0.569 e. The first kappa shape index (κ1) is 35.1. The topological polar surface area (TPSA) is 85.2 Å². The average Bonchev–Trinajstić information content (AvgIpc) is 2.85. The van der Waals surface area contributed by atoms with E-state index in [1.165, 1.54) is 89.0 Å². The van der Waals surface area contributed by atoms with Gasteiger partial charge in [-0.25, -0.2) is 4.57 Å². The smallest absolute Gasteiger partial charge is 0.537 e. The Labute approximate surface area is 233 Å². The number of phosphoric acid groups is 1. The molecule has 0 bridgehead atoms. The lowest BCUT2D eigenvalue weighted by Crippen LogP contribution is -2.37. The molecule has 1 radical (unpaired) electrons. The highest BCUT2D eigenvalue weighted by atomic mass is 31.2. The van der Waals surface area contributed by atoms with Gasteiger partial charge in [0.25, 0.3) is 0 Å². The van der Waals surface area contributed by atoms with Gasteiger partial charge in [0.15, 0.2) is 0 Å². The van der Waals surface area contributed by atoms with Crippen LogP contribution in [0.4, 0.5) is 0 Å². The number of unbranched alkanes of at least 4 members (excludes halogenated alkanes) is 15. The third-order valence-electron chi connectivity index (χ3n) is 6.74. The van der Waals surface area contributed by atoms with Crippen LogP contribution in [0.25, 0.3) is 0 Å². The highest BCUT2D eigenvalue weighted by Gasteiger charge is 2.21. The van der Waals surface area contributed by atoms with Gasteiger partial charge in [-0.15, -0.1) is 0 Å². The fourth-order valence-corrected chi connectivity index (χ4v) is 5.10. The normalized spacial score (nSPS) is 13.4. The predicted octanol–water partition coefficient (Wildman–Crippen LogP) is 7.22. The van der Waals surface area contributed by atoms with Gasteiger partial charge in [-0.1, -0.05) is 102 Å². The molecule has 0 aliphatic rings. The van der Waals surface area contributed by atoms with Crippen LogP contribution in [0.1, 0.15) is 108 Å². The predicted molar refractivity (Wildman–Crippen MR) is 157 cm³/mol. The summed E-state index contributed by atoms with van der Waals surface area (Å²) in [5, 5.41) is 8.64. The summed E-state index contributed by atoms with van der Waals surface area (Å²) in [5.74, 6) is 0.668. The Morgan fingerprint density at radius 1 is 0.684 bits per heavy atom. The molecule has 1 aromatic carbocycles. The molecule has 0 heterocycles. The van der Waals surface area contributed by atoms with Gasteiger partial charge in [0.1, 0.15) is 13.2 Å². The van der Waals surface area contributed by atoms with Crippen LogP contribution in [0.5, 0.6) is 5.75 Å². The molecule has 0 aliphatic carbocycles. The van der Waals surface area contributed by atoms with E-state index in [0.29, 0.717) is 24.5 Å². The lowest BCUT2D eigenvalue weighted by atomic mass is 10.0. The third kappa shape index (κ3) is 22.0. The van der Waals surface area contributed by atoms with E-state index in [1.54, 1.807) is 0 Å². The van der Waals surface area contributed by atoms with Gasteiger partial charge in [-0.05, 0) is 37.0 Å². The fourth-order valence-electron chi connectivity index (χ4n) is 4.35. The minimum absolute atomic E-state index is 0.221. The Hall–Kier alpha value is -0.885. The molecule has 1 rings (SSSR count). The van der Waals surface area contributed by atoms with E-state index in [1.807, 2.05) is 33.3 Å². The van der Waals surface area contributed by atoms with Crippen molar-refractivity contribution in [2.45, 2.75) is 109 Å². The van der Waals surface area contributed by atoms with Crippen LogP contribution in [-0.2, 0) is 20.0 Å². The summed E-state index contributed by atoms with van der Waals surface area (Å²) in [6, 6.07) is 7.93. The van der Waals surface area contributed by atoms with Crippen molar-refractivity contribution in [3.8, 4) is 5.75 Å². The summed E-state index contributed by atoms with van der Waals surface area (Å²) in [6.07, 6.45) is 21.3. The van der Waals surface area contributed by atoms with Gasteiger partial charge < -0.3 is 19.1 Å². The highest BCUT2D eigenvalue weighted by molar-refractivity contribution is 7.47. The molecule has 1 atom stereocenters. The minimum Gasteiger partial charge on any atom is -0.537 e. The number of nitrogens with zero attached hydrogens (tertiary/aromatic N) is 1. The van der Waals surface area contributed by atoms with E-state index in [9.17, 15) is 9.46 Å². The zero-order valence-corrected chi connectivity index (χ0v) is 25.3. The number of quaternary nitrogens is 1. The second kappa shape index (κ2) is 21.9. The van der Waals surface area contributed by atoms with Crippen molar-refractivity contribution in [2.24, 2.45) is 0 Å². The lowest BCUT2D eigenvalue weighted by Gasteiger charge is -2.24. The Morgan fingerprint density at radius 2 is 1.11 bits per heavy atom. The highest BCUT2D eigenvalue weighted by Crippen LogP contribution is 2.43. The standard InChI is InChI=1S/C29H54BNO6P/c1-31(2,3)25-27-36-38(33,34)35-26-19-17-15-13-11-9-7-5-4-6-8-10-12-14-16-18-20-28-21-23-29(24-22-28)37-30-32/h21-24,32H,4-20,25-27H2,1-3H3/p+1. The van der Waals surface area contributed by atoms with Crippen LogP contribution in [0.15, 0.2) is 24.3 Å². The number of aryl methyl sites for hydroxylation is 1. The molecule has 0 aliphatic heterocycles. The van der Waals surface area contributed by atoms with Crippen molar-refractivity contribution in [2.75, 3.05) is 40.9 Å². The van der Waals surface area contributed by atoms with Crippen LogP contribution in [0, 0.1) is 0 Å². The third-order valence-corrected chi connectivity index (χ3v) is 7.76. The van der Waals surface area contributed by atoms with Gasteiger partial charge in [0, 0.05) is 0 Å². The summed E-state index contributed by atoms with van der Waals surface area (Å²) in [5.41, 5.74) is 1.33. The molecular weight excluding hydrogens is 500 g/mol. The molecule has 0 saturated carbocycles. The first-order chi connectivity index (χ1) is 18.2. The molecule has 2 N–H and O–H groups in total. The molecule has 0 aromatic heterocycles. The molecule has 219 valence electrons. The summed E-state index contributed by atoms with van der Waals surface area (Å²) in [6.45, 7) is 1.17. The minimum atomic E-state index is -3.90. The molecule has 0 spiro atoms. The van der Waals surface area contributed by atoms with Gasteiger partial charge in [0.2, 0.25) is 0 Å². The summed E-state index contributed by atoms with van der Waals surface area (Å²) in [4.78, 5) is 9.70. The number of hydrogen-bond donors (Lipinski definition) is 2. The quantitative estimate of drug-likeness (QED) is 0.0544. The molecule has 1 aromatic rings. The Morgan fingerprint density at radius 3 is 1.55 bits per heavy atom. The number of hydrogen-bond acceptors (Lipinski definition) is 5. The second-order valence-corrected chi connectivity index (χ2v) is 12.9. The molecule has 38 heavy (non-hydrogen) atoms. The van der Waals surface area contributed by atoms with Crippen molar-refractivity contribution >= 4 is 15.5 Å². The summed E-state index contributed by atoms with van der Waals surface area (Å²) >= 11 is 0. The van der Waals surface area contributed by atoms with Crippen molar-refractivity contribution in [3.05, 3.63) is 29.8 Å². The van der Waals surface area contributed by atoms with E-state index in [2.05, 4.69) is 12.1 Å². The number of phosphoric ester groups is 1. The Bertz CT molecular complexity index is 729. The van der Waals surface area contributed by atoms with E-state index in [-0.39, 0.29) is 13.2 Å². The molecule has 0 fully saturated rings. The van der Waals surface area contributed by atoms with Gasteiger partial charge in [0.05, 0.1) is 33.5 Å². The average molecular weight is 556 g/mol. The molecular formula is C29H55BNO6P+.